The van der Waals surface area contributed by atoms with E-state index in [1.54, 1.807) is 7.11 Å². The van der Waals surface area contributed by atoms with Gasteiger partial charge in [0.2, 0.25) is 0 Å². The first-order valence-electron chi connectivity index (χ1n) is 11.0. The molecule has 1 spiro atoms. The second-order valence-electron chi connectivity index (χ2n) is 9.07. The number of nitrogens with one attached hydrogen (secondary N) is 1. The van der Waals surface area contributed by atoms with E-state index in [0.717, 1.165) is 45.1 Å². The topological polar surface area (TPSA) is 47.6 Å². The predicted octanol–water partition coefficient (Wildman–Crippen LogP) is 5.38. The smallest absolute Gasteiger partial charge is 0.407 e. The Bertz CT molecular complexity index is 812. The molecule has 1 saturated carbocycles. The fourth-order valence-corrected chi connectivity index (χ4v) is 5.00. The second kappa shape index (κ2) is 8.74. The van der Waals surface area contributed by atoms with Crippen LogP contribution in [0.1, 0.15) is 68.1 Å². The zero-order chi connectivity index (χ0) is 20.3. The van der Waals surface area contributed by atoms with Crippen LogP contribution >= 0.6 is 0 Å². The van der Waals surface area contributed by atoms with Gasteiger partial charge in [-0.05, 0) is 79.0 Å². The van der Waals surface area contributed by atoms with Gasteiger partial charge in [0.1, 0.15) is 6.61 Å². The molecule has 2 aliphatic carbocycles. The van der Waals surface area contributed by atoms with Gasteiger partial charge in [-0.3, -0.25) is 0 Å². The van der Waals surface area contributed by atoms with Gasteiger partial charge in [-0.1, -0.05) is 43.4 Å². The third-order valence-corrected chi connectivity index (χ3v) is 6.76. The summed E-state index contributed by atoms with van der Waals surface area (Å²) in [6.45, 7) is 3.65. The molecule has 1 heterocycles. The number of methoxy groups -OCH3 is 1. The summed E-state index contributed by atoms with van der Waals surface area (Å²) >= 11 is 0. The molecule has 1 amide bonds. The van der Waals surface area contributed by atoms with Crippen LogP contribution in [0, 0.1) is 5.92 Å². The number of ether oxygens (including phenoxy) is 2. The van der Waals surface area contributed by atoms with Crippen LogP contribution in [0.4, 0.5) is 4.79 Å². The minimum Gasteiger partial charge on any atom is -0.447 e. The van der Waals surface area contributed by atoms with Gasteiger partial charge in [-0.15, -0.1) is 0 Å². The van der Waals surface area contributed by atoms with E-state index in [1.807, 2.05) is 0 Å². The molecule has 1 unspecified atom stereocenters. The summed E-state index contributed by atoms with van der Waals surface area (Å²) in [5, 5.41) is 3.05. The maximum Gasteiger partial charge on any atom is 0.407 e. The molecule has 4 nitrogen and oxygen atoms in total. The third-order valence-electron chi connectivity index (χ3n) is 6.76. The number of cyclic esters (lactones) is 1. The SMILES string of the molecule is COCCCC(C)/C=C/C1=Cc2ccc([C@H]3CC[C@]4(COC(=O)N4)C3)cc2CC1. The van der Waals surface area contributed by atoms with Crippen molar-refractivity contribution < 1.29 is 14.3 Å². The summed E-state index contributed by atoms with van der Waals surface area (Å²) in [5.74, 6) is 1.10. The normalized spacial score (nSPS) is 27.0. The average molecular weight is 396 g/mol. The van der Waals surface area contributed by atoms with E-state index >= 15 is 0 Å². The van der Waals surface area contributed by atoms with Crippen molar-refractivity contribution >= 4 is 12.2 Å². The van der Waals surface area contributed by atoms with Crippen molar-refractivity contribution in [2.45, 2.75) is 63.3 Å². The zero-order valence-electron chi connectivity index (χ0n) is 17.7. The van der Waals surface area contributed by atoms with Crippen molar-refractivity contribution in [3.05, 3.63) is 52.6 Å². The predicted molar refractivity (Wildman–Crippen MR) is 116 cm³/mol. The highest BCUT2D eigenvalue weighted by Gasteiger charge is 2.45. The molecule has 1 aromatic rings. The monoisotopic (exact) mass is 395 g/mol. The molecule has 29 heavy (non-hydrogen) atoms. The number of allylic oxidation sites excluding steroid dienone is 3. The van der Waals surface area contributed by atoms with Gasteiger partial charge in [0.15, 0.2) is 0 Å². The molecule has 3 aliphatic rings. The van der Waals surface area contributed by atoms with E-state index in [4.69, 9.17) is 9.47 Å². The second-order valence-corrected chi connectivity index (χ2v) is 9.07. The number of hydrogen-bond acceptors (Lipinski definition) is 3. The number of alkyl carbamates (subject to hydrolysis) is 1. The van der Waals surface area contributed by atoms with Crippen molar-refractivity contribution in [3.63, 3.8) is 0 Å². The molecule has 156 valence electrons. The standard InChI is InChI=1S/C25H33NO3/c1-18(4-3-13-28-2)5-6-19-7-8-21-15-22(10-9-20(21)14-19)23-11-12-25(16-23)17-29-24(27)26-25/h5-6,9-10,14-15,18,23H,3-4,7-8,11-13,16-17H2,1-2H3,(H,26,27)/b6-5+/t18?,23-,25+/m0/s1. The highest BCUT2D eigenvalue weighted by Crippen LogP contribution is 2.43. The lowest BCUT2D eigenvalue weighted by Gasteiger charge is -2.21. The van der Waals surface area contributed by atoms with Gasteiger partial charge < -0.3 is 14.8 Å². The lowest BCUT2D eigenvalue weighted by Crippen LogP contribution is -2.40. The maximum atomic E-state index is 11.5. The quantitative estimate of drug-likeness (QED) is 0.631. The Kier molecular flexibility index (Phi) is 6.09. The fourth-order valence-electron chi connectivity index (χ4n) is 5.00. The number of benzene rings is 1. The van der Waals surface area contributed by atoms with E-state index in [2.05, 4.69) is 48.7 Å². The van der Waals surface area contributed by atoms with Crippen LogP contribution in [0.5, 0.6) is 0 Å². The van der Waals surface area contributed by atoms with Crippen molar-refractivity contribution in [1.82, 2.24) is 5.32 Å². The van der Waals surface area contributed by atoms with Gasteiger partial charge >= 0.3 is 6.09 Å². The molecule has 2 fully saturated rings. The Hall–Kier alpha value is -2.07. The molecule has 4 rings (SSSR count). The first-order valence-corrected chi connectivity index (χ1v) is 11.0. The van der Waals surface area contributed by atoms with E-state index in [0.29, 0.717) is 18.4 Å². The molecule has 0 aromatic heterocycles. The molecule has 0 bridgehead atoms. The highest BCUT2D eigenvalue weighted by molar-refractivity contribution is 5.71. The maximum absolute atomic E-state index is 11.5. The van der Waals surface area contributed by atoms with E-state index < -0.39 is 0 Å². The Morgan fingerprint density at radius 2 is 2.28 bits per heavy atom. The van der Waals surface area contributed by atoms with Crippen LogP contribution in [0.15, 0.2) is 35.9 Å². The third kappa shape index (κ3) is 4.75. The van der Waals surface area contributed by atoms with Crippen LogP contribution in [0.3, 0.4) is 0 Å². The largest absolute Gasteiger partial charge is 0.447 e. The summed E-state index contributed by atoms with van der Waals surface area (Å²) in [6, 6.07) is 6.98. The van der Waals surface area contributed by atoms with Crippen LogP contribution in [-0.4, -0.2) is 32.0 Å². The van der Waals surface area contributed by atoms with E-state index in [-0.39, 0.29) is 11.6 Å². The highest BCUT2D eigenvalue weighted by atomic mass is 16.6. The Labute approximate surface area is 174 Å². The number of fused-ring (bicyclic) bond motifs is 1. The summed E-state index contributed by atoms with van der Waals surface area (Å²) in [4.78, 5) is 11.5. The minimum absolute atomic E-state index is 0.129. The number of aryl methyl sites for hydroxylation is 1. The summed E-state index contributed by atoms with van der Waals surface area (Å²) in [6.07, 6.45) is 14.4. The molecule has 3 atom stereocenters. The van der Waals surface area contributed by atoms with Gasteiger partial charge in [-0.25, -0.2) is 4.79 Å². The number of amides is 1. The Morgan fingerprint density at radius 3 is 3.07 bits per heavy atom. The molecule has 1 aromatic carbocycles. The molecular formula is C25H33NO3. The van der Waals surface area contributed by atoms with Crippen molar-refractivity contribution in [2.24, 2.45) is 5.92 Å². The van der Waals surface area contributed by atoms with Crippen LogP contribution in [0.2, 0.25) is 0 Å². The minimum atomic E-state index is -0.255. The van der Waals surface area contributed by atoms with Crippen molar-refractivity contribution in [3.8, 4) is 0 Å². The van der Waals surface area contributed by atoms with Crippen LogP contribution in [0.25, 0.3) is 6.08 Å². The van der Waals surface area contributed by atoms with Crippen LogP contribution < -0.4 is 5.32 Å². The molecule has 1 aliphatic heterocycles. The molecule has 1 saturated heterocycles. The Morgan fingerprint density at radius 1 is 1.38 bits per heavy atom. The Balaban J connectivity index is 1.39. The van der Waals surface area contributed by atoms with E-state index in [9.17, 15) is 4.79 Å². The van der Waals surface area contributed by atoms with Gasteiger partial charge in [0, 0.05) is 13.7 Å². The lowest BCUT2D eigenvalue weighted by molar-refractivity contribution is 0.172. The first kappa shape index (κ1) is 20.2. The summed E-state index contributed by atoms with van der Waals surface area (Å²) in [5.41, 5.74) is 5.53. The average Bonchev–Trinajstić information content (AvgIpc) is 3.31. The zero-order valence-corrected chi connectivity index (χ0v) is 17.7. The van der Waals surface area contributed by atoms with Gasteiger partial charge in [-0.2, -0.15) is 0 Å². The molecule has 0 radical (unpaired) electrons. The first-order chi connectivity index (χ1) is 14.1. The molecular weight excluding hydrogens is 362 g/mol. The number of carbonyl (C=O) groups is 1. The van der Waals surface area contributed by atoms with Crippen molar-refractivity contribution in [1.29, 1.82) is 0 Å². The number of carbonyl (C=O) groups excluding carboxylic acids is 1. The summed E-state index contributed by atoms with van der Waals surface area (Å²) in [7, 11) is 1.77. The fraction of sp³-hybridized carbons (Fsp3) is 0.560. The van der Waals surface area contributed by atoms with Gasteiger partial charge in [0.25, 0.3) is 0 Å². The number of rotatable bonds is 7. The lowest BCUT2D eigenvalue weighted by atomic mass is 9.86. The summed E-state index contributed by atoms with van der Waals surface area (Å²) < 4.78 is 10.3. The molecule has 4 heteroatoms. The van der Waals surface area contributed by atoms with Crippen molar-refractivity contribution in [2.75, 3.05) is 20.3 Å². The molecule has 1 N–H and O–H groups in total. The van der Waals surface area contributed by atoms with Gasteiger partial charge in [0.05, 0.1) is 5.54 Å². The van der Waals surface area contributed by atoms with Crippen LogP contribution in [-0.2, 0) is 15.9 Å². The van der Waals surface area contributed by atoms with E-state index in [1.165, 1.54) is 28.7 Å². The number of hydrogen-bond donors (Lipinski definition) is 1.